The van der Waals surface area contributed by atoms with Crippen molar-refractivity contribution >= 4 is 11.9 Å². The molecule has 0 radical (unpaired) electrons. The van der Waals surface area contributed by atoms with E-state index in [0.29, 0.717) is 0 Å². The summed E-state index contributed by atoms with van der Waals surface area (Å²) < 4.78 is 9.93. The van der Waals surface area contributed by atoms with E-state index in [2.05, 4.69) is 6.58 Å². The Morgan fingerprint density at radius 2 is 1.80 bits per heavy atom. The fourth-order valence-corrected chi connectivity index (χ4v) is 1.63. The van der Waals surface area contributed by atoms with E-state index in [1.807, 2.05) is 32.0 Å². The van der Waals surface area contributed by atoms with Gasteiger partial charge >= 0.3 is 11.9 Å². The molecular formula is C16H20O4. The molecule has 0 aromatic heterocycles. The maximum absolute atomic E-state index is 11.5. The molecule has 0 fully saturated rings. The summed E-state index contributed by atoms with van der Waals surface area (Å²) in [6.07, 6.45) is 1.54. The number of ether oxygens (including phenoxy) is 2. The molecule has 0 aliphatic heterocycles. The Kier molecular flexibility index (Phi) is 6.50. The Morgan fingerprint density at radius 1 is 1.15 bits per heavy atom. The van der Waals surface area contributed by atoms with Gasteiger partial charge in [-0.15, -0.1) is 0 Å². The molecule has 0 bridgehead atoms. The van der Waals surface area contributed by atoms with Crippen LogP contribution in [-0.2, 0) is 25.7 Å². The number of aryl methyl sites for hydroxylation is 1. The highest BCUT2D eigenvalue weighted by atomic mass is 16.5. The molecule has 0 heterocycles. The fraction of sp³-hybridized carbons (Fsp3) is 0.375. The van der Waals surface area contributed by atoms with E-state index in [9.17, 15) is 9.59 Å². The SMILES string of the molecule is C=CCOC(=O)CCC(=O)OCc1cccc(C)c1C. The Balaban J connectivity index is 2.34. The summed E-state index contributed by atoms with van der Waals surface area (Å²) in [4.78, 5) is 22.7. The third-order valence-electron chi connectivity index (χ3n) is 3.00. The van der Waals surface area contributed by atoms with Gasteiger partial charge in [0.05, 0.1) is 12.8 Å². The van der Waals surface area contributed by atoms with Crippen molar-refractivity contribution in [3.05, 3.63) is 47.5 Å². The van der Waals surface area contributed by atoms with Gasteiger partial charge in [0.1, 0.15) is 13.2 Å². The first-order valence-electron chi connectivity index (χ1n) is 6.52. The number of carbonyl (C=O) groups excluding carboxylic acids is 2. The van der Waals surface area contributed by atoms with Gasteiger partial charge in [0.25, 0.3) is 0 Å². The van der Waals surface area contributed by atoms with Gasteiger partial charge in [-0.2, -0.15) is 0 Å². The predicted octanol–water partition coefficient (Wildman–Crippen LogP) is 2.86. The fourth-order valence-electron chi connectivity index (χ4n) is 1.63. The van der Waals surface area contributed by atoms with E-state index in [1.165, 1.54) is 6.08 Å². The zero-order valence-electron chi connectivity index (χ0n) is 12.0. The summed E-state index contributed by atoms with van der Waals surface area (Å²) >= 11 is 0. The highest BCUT2D eigenvalue weighted by Gasteiger charge is 2.10. The Bertz CT molecular complexity index is 491. The molecule has 4 nitrogen and oxygen atoms in total. The molecule has 0 unspecified atom stereocenters. The van der Waals surface area contributed by atoms with Gasteiger partial charge in [0.2, 0.25) is 0 Å². The van der Waals surface area contributed by atoms with E-state index < -0.39 is 11.9 Å². The van der Waals surface area contributed by atoms with E-state index in [-0.39, 0.29) is 26.1 Å². The number of hydrogen-bond acceptors (Lipinski definition) is 4. The van der Waals surface area contributed by atoms with Crippen LogP contribution < -0.4 is 0 Å². The first-order valence-corrected chi connectivity index (χ1v) is 6.52. The van der Waals surface area contributed by atoms with Crippen LogP contribution in [0.3, 0.4) is 0 Å². The van der Waals surface area contributed by atoms with Gasteiger partial charge < -0.3 is 9.47 Å². The average Bonchev–Trinajstić information content (AvgIpc) is 2.44. The molecule has 0 amide bonds. The Morgan fingerprint density at radius 3 is 2.45 bits per heavy atom. The number of carbonyl (C=O) groups is 2. The molecule has 0 N–H and O–H groups in total. The summed E-state index contributed by atoms with van der Waals surface area (Å²) in [5.74, 6) is -0.824. The van der Waals surface area contributed by atoms with Crippen LogP contribution in [0.5, 0.6) is 0 Å². The van der Waals surface area contributed by atoms with Gasteiger partial charge in [-0.05, 0) is 30.5 Å². The van der Waals surface area contributed by atoms with Crippen LogP contribution in [0.15, 0.2) is 30.9 Å². The van der Waals surface area contributed by atoms with Crippen molar-refractivity contribution in [2.75, 3.05) is 6.61 Å². The third-order valence-corrected chi connectivity index (χ3v) is 3.00. The third kappa shape index (κ3) is 5.26. The summed E-state index contributed by atoms with van der Waals surface area (Å²) in [6.45, 7) is 7.83. The maximum atomic E-state index is 11.5. The van der Waals surface area contributed by atoms with Crippen molar-refractivity contribution in [3.63, 3.8) is 0 Å². The minimum atomic E-state index is -0.423. The lowest BCUT2D eigenvalue weighted by atomic mass is 10.0. The molecule has 0 saturated heterocycles. The number of esters is 2. The largest absolute Gasteiger partial charge is 0.461 e. The molecule has 1 aromatic rings. The van der Waals surface area contributed by atoms with Crippen LogP contribution in [0.4, 0.5) is 0 Å². The van der Waals surface area contributed by atoms with Gasteiger partial charge in [-0.1, -0.05) is 30.9 Å². The molecule has 20 heavy (non-hydrogen) atoms. The minimum Gasteiger partial charge on any atom is -0.461 e. The maximum Gasteiger partial charge on any atom is 0.306 e. The molecule has 0 saturated carbocycles. The quantitative estimate of drug-likeness (QED) is 0.567. The Labute approximate surface area is 119 Å². The van der Waals surface area contributed by atoms with Gasteiger partial charge in [0.15, 0.2) is 0 Å². The zero-order valence-corrected chi connectivity index (χ0v) is 12.0. The zero-order chi connectivity index (χ0) is 15.0. The van der Waals surface area contributed by atoms with Crippen molar-refractivity contribution in [1.82, 2.24) is 0 Å². The van der Waals surface area contributed by atoms with Crippen LogP contribution in [0, 0.1) is 13.8 Å². The van der Waals surface area contributed by atoms with Crippen LogP contribution in [0.25, 0.3) is 0 Å². The summed E-state index contributed by atoms with van der Waals surface area (Å²) in [5, 5.41) is 0. The highest BCUT2D eigenvalue weighted by Crippen LogP contribution is 2.14. The van der Waals surface area contributed by atoms with Crippen molar-refractivity contribution in [3.8, 4) is 0 Å². The molecular weight excluding hydrogens is 256 g/mol. The lowest BCUT2D eigenvalue weighted by Crippen LogP contribution is -2.10. The smallest absolute Gasteiger partial charge is 0.306 e. The molecule has 1 aromatic carbocycles. The normalized spacial score (nSPS) is 9.90. The molecule has 0 spiro atoms. The number of rotatable bonds is 7. The van der Waals surface area contributed by atoms with Crippen molar-refractivity contribution < 1.29 is 19.1 Å². The van der Waals surface area contributed by atoms with E-state index in [1.54, 1.807) is 0 Å². The molecule has 4 heteroatoms. The first-order chi connectivity index (χ1) is 9.54. The number of benzene rings is 1. The van der Waals surface area contributed by atoms with Crippen molar-refractivity contribution in [2.45, 2.75) is 33.3 Å². The topological polar surface area (TPSA) is 52.6 Å². The second kappa shape index (κ2) is 8.15. The van der Waals surface area contributed by atoms with Gasteiger partial charge in [-0.3, -0.25) is 9.59 Å². The van der Waals surface area contributed by atoms with Gasteiger partial charge in [-0.25, -0.2) is 0 Å². The lowest BCUT2D eigenvalue weighted by Gasteiger charge is -2.09. The second-order valence-electron chi connectivity index (χ2n) is 4.49. The molecule has 1 rings (SSSR count). The lowest BCUT2D eigenvalue weighted by molar-refractivity contribution is -0.150. The minimum absolute atomic E-state index is 0.0273. The second-order valence-corrected chi connectivity index (χ2v) is 4.49. The van der Waals surface area contributed by atoms with Gasteiger partial charge in [0, 0.05) is 0 Å². The summed E-state index contributed by atoms with van der Waals surface area (Å²) in [5.41, 5.74) is 3.25. The summed E-state index contributed by atoms with van der Waals surface area (Å²) in [7, 11) is 0. The van der Waals surface area contributed by atoms with Crippen LogP contribution in [0.2, 0.25) is 0 Å². The van der Waals surface area contributed by atoms with E-state index >= 15 is 0 Å². The Hall–Kier alpha value is -2.10. The summed E-state index contributed by atoms with van der Waals surface area (Å²) in [6, 6.07) is 5.86. The highest BCUT2D eigenvalue weighted by molar-refractivity contribution is 5.77. The van der Waals surface area contributed by atoms with Crippen molar-refractivity contribution in [1.29, 1.82) is 0 Å². The van der Waals surface area contributed by atoms with E-state index in [4.69, 9.17) is 9.47 Å². The molecule has 108 valence electrons. The number of hydrogen-bond donors (Lipinski definition) is 0. The van der Waals surface area contributed by atoms with Crippen LogP contribution in [-0.4, -0.2) is 18.5 Å². The van der Waals surface area contributed by atoms with Crippen molar-refractivity contribution in [2.24, 2.45) is 0 Å². The molecule has 0 aliphatic rings. The monoisotopic (exact) mass is 276 g/mol. The van der Waals surface area contributed by atoms with Crippen LogP contribution >= 0.6 is 0 Å². The average molecular weight is 276 g/mol. The van der Waals surface area contributed by atoms with Crippen LogP contribution in [0.1, 0.15) is 29.5 Å². The molecule has 0 aliphatic carbocycles. The first kappa shape index (κ1) is 16.0. The standard InChI is InChI=1S/C16H20O4/c1-4-10-19-15(17)8-9-16(18)20-11-14-7-5-6-12(2)13(14)3/h4-7H,1,8-11H2,2-3H3. The van der Waals surface area contributed by atoms with E-state index in [0.717, 1.165) is 16.7 Å². The molecule has 0 atom stereocenters. The predicted molar refractivity (Wildman–Crippen MR) is 76.1 cm³/mol.